The molecule has 0 bridgehead atoms. The maximum Gasteiger partial charge on any atom is 0.160 e. The SMILES string of the molecule is c1ccc(-c2nc(-c3cccc(-c4ccc5c6ccc7c8ccccc8c(-c8ccccc8)nc7c6n(-c6ccccc6)c5c4)c3)cc(-c3ccc4ccccc4c3)n2)cc1. The summed E-state index contributed by atoms with van der Waals surface area (Å²) in [4.78, 5) is 15.9. The average Bonchev–Trinajstić information content (AvgIpc) is 3.68. The Morgan fingerprint density at radius 3 is 1.67 bits per heavy atom. The second kappa shape index (κ2) is 14.3. The van der Waals surface area contributed by atoms with E-state index in [0.717, 1.165) is 83.5 Å². The van der Waals surface area contributed by atoms with Crippen LogP contribution < -0.4 is 0 Å². The summed E-state index contributed by atoms with van der Waals surface area (Å²) < 4.78 is 2.41. The highest BCUT2D eigenvalue weighted by Crippen LogP contribution is 2.42. The number of nitrogens with zero attached hydrogens (tertiary/aromatic N) is 4. The van der Waals surface area contributed by atoms with Gasteiger partial charge in [0.25, 0.3) is 0 Å². The second-order valence-electron chi connectivity index (χ2n) is 15.6. The van der Waals surface area contributed by atoms with E-state index in [2.05, 4.69) is 205 Å². The first-order valence-electron chi connectivity index (χ1n) is 20.7. The predicted molar refractivity (Wildman–Crippen MR) is 254 cm³/mol. The van der Waals surface area contributed by atoms with E-state index in [1.165, 1.54) is 26.9 Å². The van der Waals surface area contributed by atoms with Gasteiger partial charge in [-0.15, -0.1) is 0 Å². The van der Waals surface area contributed by atoms with Gasteiger partial charge in [-0.25, -0.2) is 15.0 Å². The van der Waals surface area contributed by atoms with Crippen molar-refractivity contribution in [2.45, 2.75) is 0 Å². The Morgan fingerprint density at radius 2 is 0.885 bits per heavy atom. The van der Waals surface area contributed by atoms with E-state index in [4.69, 9.17) is 15.0 Å². The molecule has 0 N–H and O–H groups in total. The van der Waals surface area contributed by atoms with Crippen molar-refractivity contribution >= 4 is 54.3 Å². The van der Waals surface area contributed by atoms with E-state index >= 15 is 0 Å². The maximum absolute atomic E-state index is 5.55. The van der Waals surface area contributed by atoms with Crippen LogP contribution in [0.1, 0.15) is 0 Å². The van der Waals surface area contributed by atoms with Crippen LogP contribution in [0.4, 0.5) is 0 Å². The summed E-state index contributed by atoms with van der Waals surface area (Å²) in [5, 5.41) is 8.21. The summed E-state index contributed by atoms with van der Waals surface area (Å²) in [7, 11) is 0. The zero-order valence-electron chi connectivity index (χ0n) is 33.1. The van der Waals surface area contributed by atoms with E-state index in [1.54, 1.807) is 0 Å². The zero-order chi connectivity index (χ0) is 40.3. The molecule has 4 heteroatoms. The number of benzene rings is 9. The third kappa shape index (κ3) is 5.96. The first-order chi connectivity index (χ1) is 30.2. The number of rotatable bonds is 6. The average molecular weight is 777 g/mol. The highest BCUT2D eigenvalue weighted by atomic mass is 15.0. The fourth-order valence-electron chi connectivity index (χ4n) is 9.02. The Kier molecular flexibility index (Phi) is 8.13. The molecule has 12 aromatic rings. The molecular weight excluding hydrogens is 741 g/mol. The van der Waals surface area contributed by atoms with Crippen LogP contribution in [0.25, 0.3) is 116 Å². The van der Waals surface area contributed by atoms with Crippen molar-refractivity contribution < 1.29 is 0 Å². The molecule has 0 amide bonds. The van der Waals surface area contributed by atoms with E-state index in [-0.39, 0.29) is 0 Å². The Labute approximate surface area is 352 Å². The van der Waals surface area contributed by atoms with Gasteiger partial charge in [0.15, 0.2) is 5.82 Å². The van der Waals surface area contributed by atoms with Gasteiger partial charge in [-0.05, 0) is 63.7 Å². The molecule has 9 aromatic carbocycles. The largest absolute Gasteiger partial charge is 0.307 e. The second-order valence-corrected chi connectivity index (χ2v) is 15.6. The lowest BCUT2D eigenvalue weighted by Gasteiger charge is -2.13. The molecular formula is C57H36N4. The number of pyridine rings is 1. The van der Waals surface area contributed by atoms with Crippen molar-refractivity contribution in [3.8, 4) is 62.0 Å². The van der Waals surface area contributed by atoms with E-state index in [0.29, 0.717) is 5.82 Å². The molecule has 0 radical (unpaired) electrons. The van der Waals surface area contributed by atoms with Crippen molar-refractivity contribution in [2.75, 3.05) is 0 Å². The van der Waals surface area contributed by atoms with Crippen molar-refractivity contribution in [1.82, 2.24) is 19.5 Å². The summed E-state index contributed by atoms with van der Waals surface area (Å²) in [6, 6.07) is 77.4. The highest BCUT2D eigenvalue weighted by Gasteiger charge is 2.20. The highest BCUT2D eigenvalue weighted by molar-refractivity contribution is 6.23. The molecule has 0 aliphatic carbocycles. The number of para-hydroxylation sites is 1. The summed E-state index contributed by atoms with van der Waals surface area (Å²) >= 11 is 0. The van der Waals surface area contributed by atoms with Gasteiger partial charge in [-0.1, -0.05) is 182 Å². The lowest BCUT2D eigenvalue weighted by atomic mass is 9.98. The number of hydrogen-bond donors (Lipinski definition) is 0. The summed E-state index contributed by atoms with van der Waals surface area (Å²) in [5.41, 5.74) is 13.4. The van der Waals surface area contributed by atoms with E-state index < -0.39 is 0 Å². The predicted octanol–water partition coefficient (Wildman–Crippen LogP) is 14.8. The van der Waals surface area contributed by atoms with Crippen molar-refractivity contribution in [1.29, 1.82) is 0 Å². The normalized spacial score (nSPS) is 11.6. The Morgan fingerprint density at radius 1 is 0.311 bits per heavy atom. The topological polar surface area (TPSA) is 43.6 Å². The van der Waals surface area contributed by atoms with Gasteiger partial charge < -0.3 is 4.57 Å². The zero-order valence-corrected chi connectivity index (χ0v) is 33.1. The van der Waals surface area contributed by atoms with Crippen LogP contribution in [-0.2, 0) is 0 Å². The van der Waals surface area contributed by atoms with Crippen LogP contribution in [0.3, 0.4) is 0 Å². The minimum absolute atomic E-state index is 0.699. The molecule has 0 aliphatic heterocycles. The first kappa shape index (κ1) is 34.8. The molecule has 0 spiro atoms. The van der Waals surface area contributed by atoms with Gasteiger partial charge in [-0.2, -0.15) is 0 Å². The third-order valence-corrected chi connectivity index (χ3v) is 12.0. The fourth-order valence-corrected chi connectivity index (χ4v) is 9.02. The Balaban J connectivity index is 1.05. The molecule has 0 saturated carbocycles. The molecule has 284 valence electrons. The van der Waals surface area contributed by atoms with Crippen LogP contribution in [0.2, 0.25) is 0 Å². The molecule has 0 unspecified atom stereocenters. The summed E-state index contributed by atoms with van der Waals surface area (Å²) in [6.45, 7) is 0. The van der Waals surface area contributed by atoms with Gasteiger partial charge in [-0.3, -0.25) is 0 Å². The lowest BCUT2D eigenvalue weighted by Crippen LogP contribution is -1.97. The molecule has 4 nitrogen and oxygen atoms in total. The maximum atomic E-state index is 5.55. The summed E-state index contributed by atoms with van der Waals surface area (Å²) in [6.07, 6.45) is 0. The first-order valence-corrected chi connectivity index (χ1v) is 20.7. The van der Waals surface area contributed by atoms with Gasteiger partial charge in [0.05, 0.1) is 33.6 Å². The number of fused-ring (bicyclic) bond motifs is 8. The quantitative estimate of drug-likeness (QED) is 0.158. The van der Waals surface area contributed by atoms with Gasteiger partial charge in [0, 0.05) is 49.5 Å². The molecule has 0 atom stereocenters. The fraction of sp³-hybridized carbons (Fsp3) is 0. The van der Waals surface area contributed by atoms with Crippen molar-refractivity contribution in [2.24, 2.45) is 0 Å². The summed E-state index contributed by atoms with van der Waals surface area (Å²) in [5.74, 6) is 0.699. The van der Waals surface area contributed by atoms with Crippen molar-refractivity contribution in [3.63, 3.8) is 0 Å². The van der Waals surface area contributed by atoms with Gasteiger partial charge in [0.2, 0.25) is 0 Å². The van der Waals surface area contributed by atoms with Crippen LogP contribution in [0, 0.1) is 0 Å². The molecule has 0 saturated heterocycles. The monoisotopic (exact) mass is 776 g/mol. The minimum Gasteiger partial charge on any atom is -0.307 e. The van der Waals surface area contributed by atoms with Gasteiger partial charge >= 0.3 is 0 Å². The molecule has 61 heavy (non-hydrogen) atoms. The van der Waals surface area contributed by atoms with E-state index in [9.17, 15) is 0 Å². The number of aromatic nitrogens is 4. The van der Waals surface area contributed by atoms with Crippen LogP contribution in [0.5, 0.6) is 0 Å². The smallest absolute Gasteiger partial charge is 0.160 e. The Bertz CT molecular complexity index is 3630. The minimum atomic E-state index is 0.699. The molecule has 0 fully saturated rings. The molecule has 12 rings (SSSR count). The Hall–Kier alpha value is -8.21. The van der Waals surface area contributed by atoms with Gasteiger partial charge in [0.1, 0.15) is 0 Å². The molecule has 3 heterocycles. The lowest BCUT2D eigenvalue weighted by molar-refractivity contribution is 1.18. The van der Waals surface area contributed by atoms with Crippen molar-refractivity contribution in [3.05, 3.63) is 218 Å². The van der Waals surface area contributed by atoms with E-state index in [1.807, 2.05) is 18.2 Å². The van der Waals surface area contributed by atoms with Crippen LogP contribution >= 0.6 is 0 Å². The number of hydrogen-bond acceptors (Lipinski definition) is 3. The molecule has 3 aromatic heterocycles. The third-order valence-electron chi connectivity index (χ3n) is 12.0. The van der Waals surface area contributed by atoms with Crippen LogP contribution in [0.15, 0.2) is 218 Å². The standard InChI is InChI=1S/C57H36N4/c1-4-16-38(17-5-1)54-48-26-13-12-25-46(48)49-31-32-50-47-30-29-42(35-53(47)61(56(50)55(49)60-54)45-23-8-3-9-24-45)41-21-14-22-43(34-41)51-36-52(59-57(58-51)39-18-6-2-7-19-39)44-28-27-37-15-10-11-20-40(37)33-44/h1-36H. The molecule has 0 aliphatic rings. The van der Waals surface area contributed by atoms with Crippen LogP contribution in [-0.4, -0.2) is 19.5 Å².